The Morgan fingerprint density at radius 2 is 0.944 bits per heavy atom. The first-order valence-electron chi connectivity index (χ1n) is 12.2. The van der Waals surface area contributed by atoms with Gasteiger partial charge in [-0.3, -0.25) is 0 Å². The molecule has 0 radical (unpaired) electrons. The smallest absolute Gasteiger partial charge is 0.0464 e. The summed E-state index contributed by atoms with van der Waals surface area (Å²) in [5.41, 5.74) is 9.08. The van der Waals surface area contributed by atoms with Crippen LogP contribution in [0.4, 0.5) is 22.7 Å². The van der Waals surface area contributed by atoms with E-state index in [-0.39, 0.29) is 0 Å². The summed E-state index contributed by atoms with van der Waals surface area (Å²) in [4.78, 5) is 0. The lowest BCUT2D eigenvalue weighted by Gasteiger charge is -2.16. The standard InChI is InChI=1S/C34H26N2/c1-3-12-28(13-4-1)35-30-21-18-25(19-22-30)27-20-23-34(36-29-14-5-2-6-15-29)33(24-27)32-17-9-11-26-10-7-8-16-31(26)32/h1-24,35-36H. The zero-order valence-electron chi connectivity index (χ0n) is 19.9. The molecule has 0 aromatic heterocycles. The molecule has 0 spiro atoms. The lowest BCUT2D eigenvalue weighted by Crippen LogP contribution is -1.95. The highest BCUT2D eigenvalue weighted by Gasteiger charge is 2.11. The lowest BCUT2D eigenvalue weighted by molar-refractivity contribution is 1.52. The summed E-state index contributed by atoms with van der Waals surface area (Å²) >= 11 is 0. The van der Waals surface area contributed by atoms with Crippen molar-refractivity contribution in [2.24, 2.45) is 0 Å². The average molecular weight is 463 g/mol. The molecule has 172 valence electrons. The number of benzene rings is 6. The van der Waals surface area contributed by atoms with Crippen LogP contribution in [0.5, 0.6) is 0 Å². The predicted molar refractivity (Wildman–Crippen MR) is 154 cm³/mol. The number of rotatable bonds is 6. The van der Waals surface area contributed by atoms with E-state index in [1.54, 1.807) is 0 Å². The summed E-state index contributed by atoms with van der Waals surface area (Å²) in [5.74, 6) is 0. The van der Waals surface area contributed by atoms with Crippen molar-refractivity contribution in [2.75, 3.05) is 10.6 Å². The molecule has 0 bridgehead atoms. The van der Waals surface area contributed by atoms with Crippen LogP contribution < -0.4 is 10.6 Å². The van der Waals surface area contributed by atoms with Gasteiger partial charge in [0.15, 0.2) is 0 Å². The van der Waals surface area contributed by atoms with E-state index < -0.39 is 0 Å². The molecular formula is C34H26N2. The zero-order valence-corrected chi connectivity index (χ0v) is 19.9. The van der Waals surface area contributed by atoms with Crippen LogP contribution >= 0.6 is 0 Å². The number of hydrogen-bond acceptors (Lipinski definition) is 2. The minimum atomic E-state index is 1.07. The van der Waals surface area contributed by atoms with Crippen LogP contribution in [-0.4, -0.2) is 0 Å². The minimum absolute atomic E-state index is 1.07. The molecule has 0 unspecified atom stereocenters. The molecule has 0 atom stereocenters. The van der Waals surface area contributed by atoms with E-state index in [0.717, 1.165) is 22.7 Å². The van der Waals surface area contributed by atoms with Gasteiger partial charge in [-0.05, 0) is 76.0 Å². The maximum atomic E-state index is 3.64. The minimum Gasteiger partial charge on any atom is -0.356 e. The highest BCUT2D eigenvalue weighted by atomic mass is 14.9. The van der Waals surface area contributed by atoms with Gasteiger partial charge in [0.05, 0.1) is 0 Å². The third-order valence-electron chi connectivity index (χ3n) is 6.43. The Balaban J connectivity index is 1.41. The van der Waals surface area contributed by atoms with Crippen molar-refractivity contribution in [1.82, 2.24) is 0 Å². The van der Waals surface area contributed by atoms with E-state index in [9.17, 15) is 0 Å². The predicted octanol–water partition coefficient (Wildman–Crippen LogP) is 9.66. The van der Waals surface area contributed by atoms with E-state index in [2.05, 4.69) is 132 Å². The summed E-state index contributed by atoms with van der Waals surface area (Å²) in [7, 11) is 0. The number of fused-ring (bicyclic) bond motifs is 1. The number of nitrogens with one attached hydrogen (secondary N) is 2. The van der Waals surface area contributed by atoms with E-state index >= 15 is 0 Å². The van der Waals surface area contributed by atoms with Crippen molar-refractivity contribution >= 4 is 33.5 Å². The van der Waals surface area contributed by atoms with Crippen molar-refractivity contribution in [2.45, 2.75) is 0 Å². The summed E-state index contributed by atoms with van der Waals surface area (Å²) in [6.45, 7) is 0. The molecule has 2 nitrogen and oxygen atoms in total. The molecule has 6 aromatic rings. The van der Waals surface area contributed by atoms with Crippen LogP contribution in [0.2, 0.25) is 0 Å². The normalized spacial score (nSPS) is 10.8. The monoisotopic (exact) mass is 462 g/mol. The van der Waals surface area contributed by atoms with E-state index in [4.69, 9.17) is 0 Å². The lowest BCUT2D eigenvalue weighted by atomic mass is 9.93. The van der Waals surface area contributed by atoms with Gasteiger partial charge < -0.3 is 10.6 Å². The summed E-state index contributed by atoms with van der Waals surface area (Å²) in [6, 6.07) is 51.0. The van der Waals surface area contributed by atoms with Gasteiger partial charge in [0.1, 0.15) is 0 Å². The van der Waals surface area contributed by atoms with E-state index in [1.807, 2.05) is 24.3 Å². The zero-order chi connectivity index (χ0) is 24.2. The molecule has 0 aliphatic rings. The first kappa shape index (κ1) is 21.7. The first-order chi connectivity index (χ1) is 17.8. The van der Waals surface area contributed by atoms with Gasteiger partial charge >= 0.3 is 0 Å². The fraction of sp³-hybridized carbons (Fsp3) is 0. The van der Waals surface area contributed by atoms with Gasteiger partial charge in [-0.25, -0.2) is 0 Å². The van der Waals surface area contributed by atoms with Gasteiger partial charge in [0.25, 0.3) is 0 Å². The quantitative estimate of drug-likeness (QED) is 0.257. The molecule has 0 heterocycles. The molecule has 6 rings (SSSR count). The van der Waals surface area contributed by atoms with E-state index in [0.29, 0.717) is 0 Å². The fourth-order valence-corrected chi connectivity index (χ4v) is 4.63. The Morgan fingerprint density at radius 1 is 0.361 bits per heavy atom. The Bertz CT molecular complexity index is 1600. The summed E-state index contributed by atoms with van der Waals surface area (Å²) in [5, 5.41) is 9.59. The SMILES string of the molecule is c1ccc(Nc2ccc(-c3ccc(Nc4ccccc4)c(-c4cccc5ccccc45)c3)cc2)cc1. The Labute approximate surface area is 211 Å². The molecular weight excluding hydrogens is 436 g/mol. The third kappa shape index (κ3) is 4.57. The molecule has 2 heteroatoms. The first-order valence-corrected chi connectivity index (χ1v) is 12.2. The van der Waals surface area contributed by atoms with Gasteiger partial charge in [-0.15, -0.1) is 0 Å². The van der Waals surface area contributed by atoms with Crippen LogP contribution in [0.25, 0.3) is 33.0 Å². The van der Waals surface area contributed by atoms with Gasteiger partial charge in [-0.2, -0.15) is 0 Å². The summed E-state index contributed by atoms with van der Waals surface area (Å²) < 4.78 is 0. The molecule has 2 N–H and O–H groups in total. The third-order valence-corrected chi connectivity index (χ3v) is 6.43. The second kappa shape index (κ2) is 9.81. The molecule has 0 fully saturated rings. The molecule has 6 aromatic carbocycles. The second-order valence-electron chi connectivity index (χ2n) is 8.85. The van der Waals surface area contributed by atoms with Crippen LogP contribution in [-0.2, 0) is 0 Å². The second-order valence-corrected chi connectivity index (χ2v) is 8.85. The summed E-state index contributed by atoms with van der Waals surface area (Å²) in [6.07, 6.45) is 0. The van der Waals surface area contributed by atoms with Crippen LogP contribution in [0, 0.1) is 0 Å². The van der Waals surface area contributed by atoms with Crippen molar-refractivity contribution in [1.29, 1.82) is 0 Å². The number of anilines is 4. The maximum Gasteiger partial charge on any atom is 0.0464 e. The van der Waals surface area contributed by atoms with Crippen LogP contribution in [0.3, 0.4) is 0 Å². The average Bonchev–Trinajstić information content (AvgIpc) is 2.95. The van der Waals surface area contributed by atoms with Crippen molar-refractivity contribution < 1.29 is 0 Å². The van der Waals surface area contributed by atoms with Gasteiger partial charge in [-0.1, -0.05) is 97.1 Å². The molecule has 0 amide bonds. The van der Waals surface area contributed by atoms with E-state index in [1.165, 1.54) is 33.0 Å². The van der Waals surface area contributed by atoms with Crippen molar-refractivity contribution in [3.63, 3.8) is 0 Å². The Kier molecular flexibility index (Phi) is 5.91. The van der Waals surface area contributed by atoms with Crippen molar-refractivity contribution in [3.8, 4) is 22.3 Å². The van der Waals surface area contributed by atoms with Gasteiger partial charge in [0.2, 0.25) is 0 Å². The molecule has 36 heavy (non-hydrogen) atoms. The van der Waals surface area contributed by atoms with Crippen LogP contribution in [0.1, 0.15) is 0 Å². The number of hydrogen-bond donors (Lipinski definition) is 2. The molecule has 0 saturated carbocycles. The highest BCUT2D eigenvalue weighted by molar-refractivity contribution is 6.01. The van der Waals surface area contributed by atoms with Gasteiger partial charge in [0, 0.05) is 28.3 Å². The maximum absolute atomic E-state index is 3.64. The number of para-hydroxylation sites is 2. The largest absolute Gasteiger partial charge is 0.356 e. The molecule has 0 aliphatic heterocycles. The Morgan fingerprint density at radius 3 is 1.69 bits per heavy atom. The fourth-order valence-electron chi connectivity index (χ4n) is 4.63. The Hall–Kier alpha value is -4.82. The molecule has 0 aliphatic carbocycles. The molecule has 0 saturated heterocycles. The van der Waals surface area contributed by atoms with Crippen LogP contribution in [0.15, 0.2) is 146 Å². The van der Waals surface area contributed by atoms with Crippen molar-refractivity contribution in [3.05, 3.63) is 146 Å². The highest BCUT2D eigenvalue weighted by Crippen LogP contribution is 2.38. The topological polar surface area (TPSA) is 24.1 Å².